The van der Waals surface area contributed by atoms with Crippen LogP contribution < -0.4 is 20.0 Å². The summed E-state index contributed by atoms with van der Waals surface area (Å²) in [4.78, 5) is 17.3. The molecule has 1 atom stereocenters. The van der Waals surface area contributed by atoms with Gasteiger partial charge in [0.1, 0.15) is 32.2 Å². The minimum absolute atomic E-state index is 0.0358. The van der Waals surface area contributed by atoms with Gasteiger partial charge < -0.3 is 20.0 Å². The molecule has 1 aliphatic heterocycles. The predicted molar refractivity (Wildman–Crippen MR) is 98.7 cm³/mol. The van der Waals surface area contributed by atoms with Gasteiger partial charge in [0, 0.05) is 31.3 Å². The molecule has 134 valence electrons. The van der Waals surface area contributed by atoms with Crippen LogP contribution in [0.15, 0.2) is 24.3 Å². The molecule has 1 fully saturated rings. The number of amides is 1. The first-order valence-corrected chi connectivity index (χ1v) is 9.09. The summed E-state index contributed by atoms with van der Waals surface area (Å²) in [7, 11) is 6.38. The quantitative estimate of drug-likeness (QED) is 0.623. The van der Waals surface area contributed by atoms with Gasteiger partial charge in [-0.3, -0.25) is 4.79 Å². The van der Waals surface area contributed by atoms with Crippen molar-refractivity contribution in [3.8, 4) is 0 Å². The van der Waals surface area contributed by atoms with Gasteiger partial charge in [0.15, 0.2) is 0 Å². The summed E-state index contributed by atoms with van der Waals surface area (Å²) in [6, 6.07) is 9.12. The first-order chi connectivity index (χ1) is 11.4. The van der Waals surface area contributed by atoms with E-state index < -0.39 is 0 Å². The number of nitrogens with one attached hydrogen (secondary N) is 3. The van der Waals surface area contributed by atoms with Gasteiger partial charge in [-0.25, -0.2) is 0 Å². The van der Waals surface area contributed by atoms with Gasteiger partial charge in [-0.05, 0) is 12.1 Å². The molecule has 3 N–H and O–H groups in total. The molecule has 5 heteroatoms. The van der Waals surface area contributed by atoms with E-state index in [1.165, 1.54) is 24.3 Å². The molecule has 0 saturated carbocycles. The zero-order chi connectivity index (χ0) is 17.7. The van der Waals surface area contributed by atoms with Crippen molar-refractivity contribution in [1.29, 1.82) is 0 Å². The molecule has 1 amide bonds. The average Bonchev–Trinajstić information content (AvgIpc) is 2.56. The zero-order valence-electron chi connectivity index (χ0n) is 15.9. The van der Waals surface area contributed by atoms with Gasteiger partial charge in [-0.1, -0.05) is 26.0 Å². The number of quaternary nitrogens is 2. The highest BCUT2D eigenvalue weighted by Crippen LogP contribution is 2.16. The summed E-state index contributed by atoms with van der Waals surface area (Å²) in [5.41, 5.74) is 2.53. The first kappa shape index (κ1) is 18.7. The van der Waals surface area contributed by atoms with Gasteiger partial charge in [-0.2, -0.15) is 0 Å². The van der Waals surface area contributed by atoms with E-state index in [2.05, 4.69) is 55.6 Å². The number of benzene rings is 1. The number of rotatable bonds is 6. The predicted octanol–water partition coefficient (Wildman–Crippen LogP) is -1.02. The van der Waals surface area contributed by atoms with E-state index in [1.807, 2.05) is 13.8 Å². The van der Waals surface area contributed by atoms with Crippen LogP contribution in [0.4, 0.5) is 5.69 Å². The Morgan fingerprint density at radius 2 is 1.71 bits per heavy atom. The van der Waals surface area contributed by atoms with Gasteiger partial charge in [0.25, 0.3) is 0 Å². The molecule has 0 bridgehead atoms. The standard InChI is InChI=1S/C19H32N4O/c1-15(2)19(24)20-14-18(23-12-10-22(5)11-13-23)16-6-8-17(9-7-16)21(3)4/h6-9,15,18H,10-14H2,1-5H3,(H,20,24)/p+2/t18-/m0/s1. The van der Waals surface area contributed by atoms with Gasteiger partial charge in [0.2, 0.25) is 5.91 Å². The highest BCUT2D eigenvalue weighted by atomic mass is 16.1. The number of piperazine rings is 1. The molecule has 5 nitrogen and oxygen atoms in total. The molecular formula is C19H34N4O+2. The summed E-state index contributed by atoms with van der Waals surface area (Å²) in [5.74, 6) is 0.178. The molecule has 0 aliphatic carbocycles. The SMILES string of the molecule is CC(C)C(=O)NC[C@@H](c1ccc(N(C)C)cc1)[NH+]1CC[NH+](C)CC1. The van der Waals surface area contributed by atoms with Crippen LogP contribution in [0.25, 0.3) is 0 Å². The van der Waals surface area contributed by atoms with Crippen molar-refractivity contribution in [2.24, 2.45) is 5.92 Å². The zero-order valence-corrected chi connectivity index (χ0v) is 15.9. The van der Waals surface area contributed by atoms with E-state index in [1.54, 1.807) is 9.80 Å². The van der Waals surface area contributed by atoms with Gasteiger partial charge in [0.05, 0.1) is 13.6 Å². The van der Waals surface area contributed by atoms with Crippen molar-refractivity contribution in [3.63, 3.8) is 0 Å². The fourth-order valence-corrected chi connectivity index (χ4v) is 3.26. The number of hydrogen-bond donors (Lipinski definition) is 3. The fourth-order valence-electron chi connectivity index (χ4n) is 3.26. The van der Waals surface area contributed by atoms with Crippen molar-refractivity contribution in [1.82, 2.24) is 5.32 Å². The molecule has 1 aromatic rings. The fraction of sp³-hybridized carbons (Fsp3) is 0.632. The minimum atomic E-state index is 0.0358. The largest absolute Gasteiger partial charge is 0.378 e. The lowest BCUT2D eigenvalue weighted by atomic mass is 10.0. The van der Waals surface area contributed by atoms with Crippen molar-refractivity contribution in [2.75, 3.05) is 58.8 Å². The third-order valence-corrected chi connectivity index (χ3v) is 5.06. The highest BCUT2D eigenvalue weighted by Gasteiger charge is 2.29. The lowest BCUT2D eigenvalue weighted by molar-refractivity contribution is -1.02. The van der Waals surface area contributed by atoms with Crippen LogP contribution in [0.1, 0.15) is 25.5 Å². The Morgan fingerprint density at radius 3 is 2.21 bits per heavy atom. The van der Waals surface area contributed by atoms with Crippen LogP contribution in [-0.2, 0) is 4.79 Å². The van der Waals surface area contributed by atoms with E-state index in [9.17, 15) is 4.79 Å². The Bertz CT molecular complexity index is 519. The molecule has 1 aliphatic rings. The van der Waals surface area contributed by atoms with Crippen molar-refractivity contribution >= 4 is 11.6 Å². The van der Waals surface area contributed by atoms with Crippen molar-refractivity contribution < 1.29 is 14.6 Å². The van der Waals surface area contributed by atoms with E-state index in [0.29, 0.717) is 12.6 Å². The lowest BCUT2D eigenvalue weighted by Gasteiger charge is -2.34. The summed E-state index contributed by atoms with van der Waals surface area (Å²) in [6.45, 7) is 9.31. The second-order valence-electron chi connectivity index (χ2n) is 7.55. The Balaban J connectivity index is 2.13. The molecular weight excluding hydrogens is 300 g/mol. The Hall–Kier alpha value is -1.59. The van der Waals surface area contributed by atoms with Crippen LogP contribution in [-0.4, -0.2) is 59.8 Å². The van der Waals surface area contributed by atoms with E-state index >= 15 is 0 Å². The maximum Gasteiger partial charge on any atom is 0.222 e. The number of nitrogens with zero attached hydrogens (tertiary/aromatic N) is 1. The molecule has 0 radical (unpaired) electrons. The lowest BCUT2D eigenvalue weighted by Crippen LogP contribution is -3.27. The summed E-state index contributed by atoms with van der Waals surface area (Å²) in [5, 5.41) is 3.15. The van der Waals surface area contributed by atoms with Crippen LogP contribution >= 0.6 is 0 Å². The normalized spacial score (nSPS) is 22.2. The van der Waals surface area contributed by atoms with E-state index in [0.717, 1.165) is 13.1 Å². The van der Waals surface area contributed by atoms with Gasteiger partial charge >= 0.3 is 0 Å². The molecule has 1 heterocycles. The Labute approximate surface area is 146 Å². The van der Waals surface area contributed by atoms with E-state index in [4.69, 9.17) is 0 Å². The molecule has 1 saturated heterocycles. The molecule has 0 aromatic heterocycles. The van der Waals surface area contributed by atoms with Gasteiger partial charge in [-0.15, -0.1) is 0 Å². The van der Waals surface area contributed by atoms with Crippen LogP contribution in [0, 0.1) is 5.92 Å². The molecule has 0 spiro atoms. The molecule has 1 aromatic carbocycles. The maximum absolute atomic E-state index is 12.0. The van der Waals surface area contributed by atoms with Crippen LogP contribution in [0.3, 0.4) is 0 Å². The first-order valence-electron chi connectivity index (χ1n) is 9.09. The van der Waals surface area contributed by atoms with Crippen molar-refractivity contribution in [3.05, 3.63) is 29.8 Å². The molecule has 0 unspecified atom stereocenters. The van der Waals surface area contributed by atoms with Crippen LogP contribution in [0.2, 0.25) is 0 Å². The number of carbonyl (C=O) groups excluding carboxylic acids is 1. The Morgan fingerprint density at radius 1 is 1.12 bits per heavy atom. The second kappa shape index (κ2) is 8.49. The number of likely N-dealkylation sites (N-methyl/N-ethyl adjacent to an activating group) is 1. The summed E-state index contributed by atoms with van der Waals surface area (Å²) in [6.07, 6.45) is 0. The smallest absolute Gasteiger partial charge is 0.222 e. The minimum Gasteiger partial charge on any atom is -0.378 e. The summed E-state index contributed by atoms with van der Waals surface area (Å²) >= 11 is 0. The molecule has 24 heavy (non-hydrogen) atoms. The van der Waals surface area contributed by atoms with E-state index in [-0.39, 0.29) is 11.8 Å². The maximum atomic E-state index is 12.0. The third-order valence-electron chi connectivity index (χ3n) is 5.06. The van der Waals surface area contributed by atoms with Crippen molar-refractivity contribution in [2.45, 2.75) is 19.9 Å². The average molecular weight is 335 g/mol. The third kappa shape index (κ3) is 4.95. The van der Waals surface area contributed by atoms with Crippen LogP contribution in [0.5, 0.6) is 0 Å². The highest BCUT2D eigenvalue weighted by molar-refractivity contribution is 5.77. The topological polar surface area (TPSA) is 41.2 Å². The molecule has 2 rings (SSSR count). The Kier molecular flexibility index (Phi) is 6.63. The number of hydrogen-bond acceptors (Lipinski definition) is 2. The monoisotopic (exact) mass is 334 g/mol. The number of carbonyl (C=O) groups is 1. The summed E-state index contributed by atoms with van der Waals surface area (Å²) < 4.78 is 0. The second-order valence-corrected chi connectivity index (χ2v) is 7.55. The number of anilines is 1.